The fraction of sp³-hybridized carbons (Fsp3) is 0.385. The Morgan fingerprint density at radius 1 is 1.36 bits per heavy atom. The molecule has 2 heterocycles. The van der Waals surface area contributed by atoms with Crippen LogP contribution >= 0.6 is 15.9 Å². The number of nitrogens with zero attached hydrogens (tertiary/aromatic N) is 5. The third-order valence-corrected chi connectivity index (χ3v) is 3.74. The number of rotatable bonds is 7. The highest BCUT2D eigenvalue weighted by Gasteiger charge is 2.21. The lowest BCUT2D eigenvalue weighted by Gasteiger charge is -2.03. The van der Waals surface area contributed by atoms with Crippen molar-refractivity contribution in [3.8, 4) is 0 Å². The van der Waals surface area contributed by atoms with E-state index < -0.39 is 16.8 Å². The van der Waals surface area contributed by atoms with Crippen LogP contribution in [0.3, 0.4) is 0 Å². The van der Waals surface area contributed by atoms with E-state index in [1.165, 1.54) is 28.9 Å². The zero-order valence-corrected chi connectivity index (χ0v) is 15.0. The summed E-state index contributed by atoms with van der Waals surface area (Å²) in [4.78, 5) is 33.9. The summed E-state index contributed by atoms with van der Waals surface area (Å²) in [5.41, 5.74) is 0.251. The van der Waals surface area contributed by atoms with Gasteiger partial charge in [0.25, 0.3) is 0 Å². The molecule has 0 unspecified atom stereocenters. The quantitative estimate of drug-likeness (QED) is 0.412. The molecule has 0 saturated heterocycles. The predicted octanol–water partition coefficient (Wildman–Crippen LogP) is 1.59. The molecule has 0 spiro atoms. The zero-order chi connectivity index (χ0) is 18.6. The van der Waals surface area contributed by atoms with Crippen LogP contribution in [0.15, 0.2) is 16.9 Å². The minimum absolute atomic E-state index is 0.00317. The molecule has 0 aromatic carbocycles. The second-order valence-electron chi connectivity index (χ2n) is 4.86. The molecule has 25 heavy (non-hydrogen) atoms. The van der Waals surface area contributed by atoms with Crippen molar-refractivity contribution in [2.45, 2.75) is 26.4 Å². The Labute approximate surface area is 150 Å². The molecule has 0 aliphatic carbocycles. The summed E-state index contributed by atoms with van der Waals surface area (Å²) in [6.45, 7) is 2.49. The maximum atomic E-state index is 12.1. The highest BCUT2D eigenvalue weighted by molar-refractivity contribution is 9.10. The summed E-state index contributed by atoms with van der Waals surface area (Å²) < 4.78 is 7.65. The first-order valence-electron chi connectivity index (χ1n) is 7.18. The second-order valence-corrected chi connectivity index (χ2v) is 5.71. The number of nitro groups is 1. The largest absolute Gasteiger partial charge is 0.464 e. The number of aryl methyl sites for hydroxylation is 2. The van der Waals surface area contributed by atoms with Crippen molar-refractivity contribution in [3.05, 3.63) is 32.7 Å². The van der Waals surface area contributed by atoms with Gasteiger partial charge in [0.05, 0.1) is 30.6 Å². The van der Waals surface area contributed by atoms with E-state index in [-0.39, 0.29) is 34.6 Å². The number of amides is 1. The van der Waals surface area contributed by atoms with Gasteiger partial charge in [-0.3, -0.25) is 9.48 Å². The van der Waals surface area contributed by atoms with Gasteiger partial charge in [0.2, 0.25) is 5.91 Å². The Morgan fingerprint density at radius 3 is 2.64 bits per heavy atom. The molecule has 0 saturated carbocycles. The number of halogens is 1. The van der Waals surface area contributed by atoms with E-state index >= 15 is 0 Å². The highest BCUT2D eigenvalue weighted by Crippen LogP contribution is 2.22. The lowest BCUT2D eigenvalue weighted by atomic mass is 10.3. The molecule has 2 aromatic rings. The molecular formula is C13H15BrN6O5. The van der Waals surface area contributed by atoms with Crippen LogP contribution in [-0.4, -0.2) is 43.5 Å². The van der Waals surface area contributed by atoms with E-state index in [9.17, 15) is 19.7 Å². The molecule has 12 heteroatoms. The first-order chi connectivity index (χ1) is 11.8. The number of nitrogens with one attached hydrogen (secondary N) is 1. The van der Waals surface area contributed by atoms with Gasteiger partial charge in [0, 0.05) is 19.2 Å². The highest BCUT2D eigenvalue weighted by atomic mass is 79.9. The maximum absolute atomic E-state index is 12.1. The number of esters is 1. The molecular weight excluding hydrogens is 400 g/mol. The Hall–Kier alpha value is -2.76. The average Bonchev–Trinajstić information content (AvgIpc) is 3.15. The minimum atomic E-state index is -0.658. The van der Waals surface area contributed by atoms with Gasteiger partial charge in [-0.05, 0) is 27.8 Å². The van der Waals surface area contributed by atoms with Crippen molar-refractivity contribution in [1.29, 1.82) is 0 Å². The van der Waals surface area contributed by atoms with E-state index in [1.807, 2.05) is 6.92 Å². The number of ether oxygens (including phenoxy) is 1. The molecule has 2 rings (SSSR count). The SMILES string of the molecule is CCn1cc(NC(=O)CCn2cc(Br)c([N+](=O)[O-])n2)c(C(=O)OC)n1. The van der Waals surface area contributed by atoms with Crippen LogP contribution in [0.2, 0.25) is 0 Å². The van der Waals surface area contributed by atoms with E-state index in [4.69, 9.17) is 0 Å². The van der Waals surface area contributed by atoms with Crippen molar-refractivity contribution >= 4 is 39.3 Å². The molecule has 2 aromatic heterocycles. The molecule has 0 fully saturated rings. The van der Waals surface area contributed by atoms with E-state index in [0.717, 1.165) is 0 Å². The van der Waals surface area contributed by atoms with Gasteiger partial charge in [-0.15, -0.1) is 0 Å². The number of hydrogen-bond acceptors (Lipinski definition) is 7. The third-order valence-electron chi connectivity index (χ3n) is 3.18. The molecule has 0 aliphatic rings. The van der Waals surface area contributed by atoms with Crippen LogP contribution in [0.25, 0.3) is 0 Å². The second kappa shape index (κ2) is 7.88. The maximum Gasteiger partial charge on any atom is 0.404 e. The van der Waals surface area contributed by atoms with E-state index in [0.29, 0.717) is 6.54 Å². The lowest BCUT2D eigenvalue weighted by molar-refractivity contribution is -0.390. The Bertz CT molecular complexity index is 814. The third kappa shape index (κ3) is 4.41. The standard InChI is InChI=1S/C13H15BrN6O5/c1-3-18-7-9(11(16-18)13(22)25-2)15-10(21)4-5-19-6-8(14)12(17-19)20(23)24/h6-7H,3-5H2,1-2H3,(H,15,21). The summed E-state index contributed by atoms with van der Waals surface area (Å²) in [6, 6.07) is 0. The molecule has 0 aliphatic heterocycles. The topological polar surface area (TPSA) is 134 Å². The number of carbonyl (C=O) groups is 2. The monoisotopic (exact) mass is 414 g/mol. The molecule has 1 amide bonds. The van der Waals surface area contributed by atoms with Crippen molar-refractivity contribution < 1.29 is 19.2 Å². The number of methoxy groups -OCH3 is 1. The number of anilines is 1. The Balaban J connectivity index is 2.03. The van der Waals surface area contributed by atoms with E-state index in [1.54, 1.807) is 0 Å². The van der Waals surface area contributed by atoms with E-state index in [2.05, 4.69) is 36.2 Å². The molecule has 134 valence electrons. The number of hydrogen-bond donors (Lipinski definition) is 1. The number of aromatic nitrogens is 4. The lowest BCUT2D eigenvalue weighted by Crippen LogP contribution is -2.16. The van der Waals surface area contributed by atoms with Crippen LogP contribution in [0.1, 0.15) is 23.8 Å². The summed E-state index contributed by atoms with van der Waals surface area (Å²) in [5, 5.41) is 21.1. The molecule has 0 atom stereocenters. The Kier molecular flexibility index (Phi) is 5.85. The smallest absolute Gasteiger partial charge is 0.404 e. The van der Waals surface area contributed by atoms with Crippen LogP contribution in [0.4, 0.5) is 11.5 Å². The normalized spacial score (nSPS) is 10.5. The predicted molar refractivity (Wildman–Crippen MR) is 89.1 cm³/mol. The summed E-state index contributed by atoms with van der Waals surface area (Å²) >= 11 is 3.03. The van der Waals surface area contributed by atoms with Crippen molar-refractivity contribution in [3.63, 3.8) is 0 Å². The van der Waals surface area contributed by atoms with Gasteiger partial charge in [-0.1, -0.05) is 0 Å². The van der Waals surface area contributed by atoms with Crippen molar-refractivity contribution in [1.82, 2.24) is 19.6 Å². The van der Waals surface area contributed by atoms with Crippen molar-refractivity contribution in [2.75, 3.05) is 12.4 Å². The van der Waals surface area contributed by atoms with Crippen molar-refractivity contribution in [2.24, 2.45) is 0 Å². The molecule has 11 nitrogen and oxygen atoms in total. The summed E-state index contributed by atoms with van der Waals surface area (Å²) in [6.07, 6.45) is 2.95. The summed E-state index contributed by atoms with van der Waals surface area (Å²) in [7, 11) is 1.22. The minimum Gasteiger partial charge on any atom is -0.464 e. The Morgan fingerprint density at radius 2 is 2.08 bits per heavy atom. The first-order valence-corrected chi connectivity index (χ1v) is 7.98. The summed E-state index contributed by atoms with van der Waals surface area (Å²) in [5.74, 6) is -1.37. The van der Waals surface area contributed by atoms with Gasteiger partial charge in [0.15, 0.2) is 5.69 Å². The van der Waals surface area contributed by atoms with Crippen LogP contribution in [-0.2, 0) is 22.6 Å². The fourth-order valence-electron chi connectivity index (χ4n) is 1.98. The molecule has 0 radical (unpaired) electrons. The fourth-order valence-corrected chi connectivity index (χ4v) is 2.44. The van der Waals surface area contributed by atoms with Gasteiger partial charge < -0.3 is 20.2 Å². The van der Waals surface area contributed by atoms with Crippen LogP contribution in [0.5, 0.6) is 0 Å². The molecule has 0 bridgehead atoms. The molecule has 1 N–H and O–H groups in total. The van der Waals surface area contributed by atoms with Gasteiger partial charge in [-0.25, -0.2) is 4.79 Å². The van der Waals surface area contributed by atoms with Gasteiger partial charge >= 0.3 is 11.8 Å². The van der Waals surface area contributed by atoms with Gasteiger partial charge in [0.1, 0.15) is 4.47 Å². The van der Waals surface area contributed by atoms with Crippen LogP contribution in [0, 0.1) is 10.1 Å². The first kappa shape index (κ1) is 18.6. The average molecular weight is 415 g/mol. The zero-order valence-electron chi connectivity index (χ0n) is 13.4. The van der Waals surface area contributed by atoms with Crippen LogP contribution < -0.4 is 5.32 Å². The van der Waals surface area contributed by atoms with Gasteiger partial charge in [-0.2, -0.15) is 9.78 Å². The number of carbonyl (C=O) groups excluding carboxylic acids is 2.